The van der Waals surface area contributed by atoms with E-state index in [9.17, 15) is 0 Å². The van der Waals surface area contributed by atoms with Crippen molar-refractivity contribution >= 4 is 11.3 Å². The molecule has 4 nitrogen and oxygen atoms in total. The molecule has 39 heavy (non-hydrogen) atoms. The number of likely N-dealkylation sites (N-methyl/N-ethyl adjacent to an activating group) is 1. The van der Waals surface area contributed by atoms with E-state index in [1.807, 2.05) is 0 Å². The van der Waals surface area contributed by atoms with Crippen LogP contribution < -0.4 is 5.73 Å². The van der Waals surface area contributed by atoms with Crippen LogP contribution in [0.2, 0.25) is 0 Å². The Morgan fingerprint density at radius 1 is 1.10 bits per heavy atom. The zero-order valence-electron chi connectivity index (χ0n) is 26.7. The molecule has 0 spiro atoms. The van der Waals surface area contributed by atoms with Crippen molar-refractivity contribution in [1.29, 1.82) is 5.41 Å². The van der Waals surface area contributed by atoms with Crippen LogP contribution in [0.5, 0.6) is 0 Å². The van der Waals surface area contributed by atoms with Gasteiger partial charge in [0.1, 0.15) is 0 Å². The van der Waals surface area contributed by atoms with Crippen LogP contribution in [0.4, 0.5) is 0 Å². The minimum Gasteiger partial charge on any atom is -0.374 e. The summed E-state index contributed by atoms with van der Waals surface area (Å²) < 4.78 is 0. The third-order valence-electron chi connectivity index (χ3n) is 7.72. The van der Waals surface area contributed by atoms with Crippen molar-refractivity contribution in [1.82, 2.24) is 9.80 Å². The van der Waals surface area contributed by atoms with E-state index in [1.165, 1.54) is 59.0 Å². The lowest BCUT2D eigenvalue weighted by atomic mass is 9.83. The molecule has 2 rings (SSSR count). The van der Waals surface area contributed by atoms with Crippen LogP contribution >= 0.6 is 0 Å². The van der Waals surface area contributed by atoms with Crippen molar-refractivity contribution in [3.8, 4) is 0 Å². The molecule has 0 unspecified atom stereocenters. The van der Waals surface area contributed by atoms with Crippen LogP contribution in [0.1, 0.15) is 102 Å². The highest BCUT2D eigenvalue weighted by atomic mass is 15.2. The van der Waals surface area contributed by atoms with Gasteiger partial charge in [-0.1, -0.05) is 70.5 Å². The number of aryl methyl sites for hydroxylation is 1. The summed E-state index contributed by atoms with van der Waals surface area (Å²) in [6.45, 7) is 20.7. The predicted octanol–water partition coefficient (Wildman–Crippen LogP) is 8.50. The molecule has 1 aliphatic heterocycles. The fourth-order valence-corrected chi connectivity index (χ4v) is 5.61. The first-order valence-electron chi connectivity index (χ1n) is 15.1. The number of hydrogen-bond donors (Lipinski definition) is 2. The van der Waals surface area contributed by atoms with E-state index in [1.54, 1.807) is 0 Å². The predicted molar refractivity (Wildman–Crippen MR) is 175 cm³/mol. The first kappa shape index (κ1) is 34.6. The average molecular weight is 535 g/mol. The fourth-order valence-electron chi connectivity index (χ4n) is 5.61. The second kappa shape index (κ2) is 18.0. The summed E-state index contributed by atoms with van der Waals surface area (Å²) in [6, 6.07) is 7.21. The van der Waals surface area contributed by atoms with Gasteiger partial charge in [-0.3, -0.25) is 0 Å². The summed E-state index contributed by atoms with van der Waals surface area (Å²) in [5, 5.41) is 8.45. The summed E-state index contributed by atoms with van der Waals surface area (Å²) in [5.74, 6) is 0.605. The third kappa shape index (κ3) is 10.2. The van der Waals surface area contributed by atoms with Crippen LogP contribution in [0, 0.1) is 12.3 Å². The number of allylic oxidation sites excluding steroid dienone is 6. The average Bonchev–Trinajstić information content (AvgIpc) is 2.93. The van der Waals surface area contributed by atoms with Gasteiger partial charge in [0, 0.05) is 31.0 Å². The largest absolute Gasteiger partial charge is 0.374 e. The van der Waals surface area contributed by atoms with Gasteiger partial charge in [-0.25, -0.2) is 0 Å². The van der Waals surface area contributed by atoms with Gasteiger partial charge in [0.25, 0.3) is 0 Å². The highest BCUT2D eigenvalue weighted by molar-refractivity contribution is 5.97. The number of rotatable bonds is 13. The highest BCUT2D eigenvalue weighted by Crippen LogP contribution is 2.36. The van der Waals surface area contributed by atoms with Gasteiger partial charge in [0.2, 0.25) is 0 Å². The fraction of sp³-hybridized carbons (Fsp3) is 0.571. The Morgan fingerprint density at radius 2 is 1.72 bits per heavy atom. The molecule has 4 heteroatoms. The number of nitrogens with two attached hydrogens (primary N) is 1. The summed E-state index contributed by atoms with van der Waals surface area (Å²) >= 11 is 0. The van der Waals surface area contributed by atoms with Crippen LogP contribution in [0.3, 0.4) is 0 Å². The quantitative estimate of drug-likeness (QED) is 0.197. The van der Waals surface area contributed by atoms with Crippen molar-refractivity contribution in [2.24, 2.45) is 5.73 Å². The van der Waals surface area contributed by atoms with Gasteiger partial charge in [-0.15, -0.1) is 0 Å². The number of piperidine rings is 1. The van der Waals surface area contributed by atoms with Crippen molar-refractivity contribution in [3.63, 3.8) is 0 Å². The van der Waals surface area contributed by atoms with E-state index in [2.05, 4.69) is 108 Å². The van der Waals surface area contributed by atoms with Crippen LogP contribution in [-0.2, 0) is 0 Å². The topological polar surface area (TPSA) is 56.4 Å². The molecule has 1 aromatic carbocycles. The molecule has 1 fully saturated rings. The second-order valence-corrected chi connectivity index (χ2v) is 11.0. The molecule has 1 heterocycles. The van der Waals surface area contributed by atoms with E-state index in [-0.39, 0.29) is 0 Å². The summed E-state index contributed by atoms with van der Waals surface area (Å²) in [7, 11) is 5.73. The number of likely N-dealkylation sites (tertiary alicyclic amines) is 1. The van der Waals surface area contributed by atoms with E-state index < -0.39 is 0 Å². The first-order valence-corrected chi connectivity index (χ1v) is 15.1. The Bertz CT molecular complexity index is 1020. The zero-order chi connectivity index (χ0) is 29.5. The van der Waals surface area contributed by atoms with Crippen LogP contribution in [-0.4, -0.2) is 56.3 Å². The van der Waals surface area contributed by atoms with E-state index in [0.717, 1.165) is 63.0 Å². The Morgan fingerprint density at radius 3 is 2.23 bits per heavy atom. The second-order valence-electron chi connectivity index (χ2n) is 11.0. The molecule has 0 aromatic heterocycles. The molecule has 1 aromatic rings. The number of nitrogens with one attached hydrogen (secondary N) is 1. The normalized spacial score (nSPS) is 15.6. The molecule has 0 bridgehead atoms. The van der Waals surface area contributed by atoms with Gasteiger partial charge in [-0.05, 0) is 119 Å². The smallest absolute Gasteiger partial charge is 0.0371 e. The summed E-state index contributed by atoms with van der Waals surface area (Å²) in [5.41, 5.74) is 16.1. The third-order valence-corrected chi connectivity index (χ3v) is 7.72. The minimum atomic E-state index is 0.605. The van der Waals surface area contributed by atoms with Crippen molar-refractivity contribution in [2.45, 2.75) is 92.4 Å². The number of hydrogen-bond acceptors (Lipinski definition) is 4. The molecule has 0 atom stereocenters. The van der Waals surface area contributed by atoms with Crippen molar-refractivity contribution in [2.75, 3.05) is 40.8 Å². The van der Waals surface area contributed by atoms with Crippen molar-refractivity contribution < 1.29 is 0 Å². The Balaban J connectivity index is 0.00000371. The SMILES string of the molecule is C=C(CN(C)C)N1CCC(c2ccc(C)c(/C(CC)=C(CCC)/C(/C=C(/C)C(=N)CCC)=C/C)c2)CC1.CN. The van der Waals surface area contributed by atoms with Crippen LogP contribution in [0.15, 0.2) is 59.3 Å². The lowest BCUT2D eigenvalue weighted by molar-refractivity contribution is 0.243. The maximum absolute atomic E-state index is 8.45. The molecule has 0 saturated carbocycles. The van der Waals surface area contributed by atoms with Crippen molar-refractivity contribution in [3.05, 3.63) is 76.0 Å². The Labute approximate surface area is 241 Å². The maximum atomic E-state index is 8.45. The Kier molecular flexibility index (Phi) is 16.0. The summed E-state index contributed by atoms with van der Waals surface area (Å²) in [4.78, 5) is 4.68. The van der Waals surface area contributed by atoms with Gasteiger partial charge >= 0.3 is 0 Å². The van der Waals surface area contributed by atoms with E-state index >= 15 is 0 Å². The van der Waals surface area contributed by atoms with Gasteiger partial charge < -0.3 is 20.9 Å². The number of benzene rings is 1. The first-order chi connectivity index (χ1) is 18.7. The minimum absolute atomic E-state index is 0.605. The molecule has 0 aliphatic carbocycles. The molecule has 1 saturated heterocycles. The standard InChI is InChI=1S/C34H53N3.CH5N/c1-10-14-32(28(12-3)22-26(6)34(35)15-11-2)31(13-4)33-23-30(17-16-25(33)5)29-18-20-37(21-19-29)27(7)24-36(8)9;1-2/h12,16-17,22-23,29,35H,7,10-11,13-15,18-21,24H2,1-6,8-9H3;2H2,1H3/b26-22-,28-12+,32-31+,35-34?;. The highest BCUT2D eigenvalue weighted by Gasteiger charge is 2.23. The maximum Gasteiger partial charge on any atom is 0.0371 e. The molecule has 1 aliphatic rings. The lowest BCUT2D eigenvalue weighted by Crippen LogP contribution is -2.35. The molecule has 3 N–H and O–H groups in total. The zero-order valence-corrected chi connectivity index (χ0v) is 26.7. The number of nitrogens with zero attached hydrogens (tertiary/aromatic N) is 2. The monoisotopic (exact) mass is 534 g/mol. The molecule has 0 amide bonds. The van der Waals surface area contributed by atoms with Gasteiger partial charge in [0.05, 0.1) is 0 Å². The molecule has 0 radical (unpaired) electrons. The summed E-state index contributed by atoms with van der Waals surface area (Å²) in [6.07, 6.45) is 11.9. The van der Waals surface area contributed by atoms with E-state index in [4.69, 9.17) is 5.41 Å². The Hall–Kier alpha value is -2.43. The van der Waals surface area contributed by atoms with Crippen LogP contribution in [0.25, 0.3) is 5.57 Å². The molecule has 218 valence electrons. The van der Waals surface area contributed by atoms with E-state index in [0.29, 0.717) is 5.92 Å². The molecular weight excluding hydrogens is 476 g/mol. The van der Waals surface area contributed by atoms with Gasteiger partial charge in [0.15, 0.2) is 0 Å². The molecular formula is C35H58N4. The lowest BCUT2D eigenvalue weighted by Gasteiger charge is -2.36. The van der Waals surface area contributed by atoms with Gasteiger partial charge in [-0.2, -0.15) is 0 Å².